The van der Waals surface area contributed by atoms with Crippen molar-refractivity contribution in [3.63, 3.8) is 0 Å². The molecule has 0 spiro atoms. The van der Waals surface area contributed by atoms with E-state index in [0.29, 0.717) is 25.3 Å². The van der Waals surface area contributed by atoms with Crippen LogP contribution in [-0.4, -0.2) is 70.7 Å². The van der Waals surface area contributed by atoms with Crippen molar-refractivity contribution in [1.82, 2.24) is 19.6 Å². The zero-order chi connectivity index (χ0) is 20.4. The van der Waals surface area contributed by atoms with Crippen LogP contribution in [0.1, 0.15) is 56.7 Å². The standard InChI is InChI=1S/C21H33F2N5O/c1-15-11-19-24-17(12-18(21(22)23)28(19)25-15)16-7-6-10-27(13-16)20(29)14-26-8-4-2-3-5-9-26/h11,16-18,21,24H,2-10,12-14H2,1H3/t16?,17-,18+/m0/s1. The maximum atomic E-state index is 13.7. The Balaban J connectivity index is 1.39. The van der Waals surface area contributed by atoms with E-state index < -0.39 is 12.5 Å². The van der Waals surface area contributed by atoms with Gasteiger partial charge in [-0.15, -0.1) is 0 Å². The third-order valence-electron chi connectivity index (χ3n) is 6.73. The molecule has 1 N–H and O–H groups in total. The van der Waals surface area contributed by atoms with Crippen LogP contribution < -0.4 is 5.32 Å². The zero-order valence-corrected chi connectivity index (χ0v) is 17.3. The first-order chi connectivity index (χ1) is 14.0. The zero-order valence-electron chi connectivity index (χ0n) is 17.3. The Bertz CT molecular complexity index is 701. The van der Waals surface area contributed by atoms with Gasteiger partial charge in [0.15, 0.2) is 0 Å². The number of hydrogen-bond acceptors (Lipinski definition) is 4. The molecule has 0 bridgehead atoms. The molecule has 4 heterocycles. The number of amides is 1. The van der Waals surface area contributed by atoms with E-state index in [0.717, 1.165) is 38.2 Å². The van der Waals surface area contributed by atoms with Gasteiger partial charge in [-0.1, -0.05) is 12.8 Å². The van der Waals surface area contributed by atoms with Crippen LogP contribution in [0.5, 0.6) is 0 Å². The number of hydrogen-bond donors (Lipinski definition) is 1. The number of nitrogens with one attached hydrogen (secondary N) is 1. The number of nitrogens with zero attached hydrogens (tertiary/aromatic N) is 4. The van der Waals surface area contributed by atoms with Crippen molar-refractivity contribution in [2.24, 2.45) is 5.92 Å². The Kier molecular flexibility index (Phi) is 6.37. The van der Waals surface area contributed by atoms with Crippen LogP contribution in [0.4, 0.5) is 14.6 Å². The average Bonchev–Trinajstić information content (AvgIpc) is 2.90. The molecule has 1 aromatic rings. The summed E-state index contributed by atoms with van der Waals surface area (Å²) in [7, 11) is 0. The van der Waals surface area contributed by atoms with E-state index in [9.17, 15) is 13.6 Å². The van der Waals surface area contributed by atoms with Gasteiger partial charge in [-0.25, -0.2) is 13.5 Å². The number of fused-ring (bicyclic) bond motifs is 1. The molecule has 3 aliphatic rings. The third kappa shape index (κ3) is 4.73. The van der Waals surface area contributed by atoms with Crippen molar-refractivity contribution in [3.05, 3.63) is 11.8 Å². The van der Waals surface area contributed by atoms with Gasteiger partial charge in [-0.2, -0.15) is 5.10 Å². The molecule has 8 heteroatoms. The largest absolute Gasteiger partial charge is 0.367 e. The normalized spacial score (nSPS) is 28.7. The summed E-state index contributed by atoms with van der Waals surface area (Å²) < 4.78 is 28.8. The molecular weight excluding hydrogens is 376 g/mol. The van der Waals surface area contributed by atoms with Gasteiger partial charge in [0.1, 0.15) is 11.9 Å². The highest BCUT2D eigenvalue weighted by atomic mass is 19.3. The highest BCUT2D eigenvalue weighted by Crippen LogP contribution is 2.36. The molecule has 1 aromatic heterocycles. The number of carbonyl (C=O) groups is 1. The smallest absolute Gasteiger partial charge is 0.260 e. The summed E-state index contributed by atoms with van der Waals surface area (Å²) >= 11 is 0. The number of carbonyl (C=O) groups excluding carboxylic acids is 1. The summed E-state index contributed by atoms with van der Waals surface area (Å²) in [5.41, 5.74) is 0.747. The number of halogens is 2. The highest BCUT2D eigenvalue weighted by Gasteiger charge is 2.38. The maximum Gasteiger partial charge on any atom is 0.260 e. The van der Waals surface area contributed by atoms with Crippen LogP contribution in [-0.2, 0) is 4.79 Å². The molecule has 0 saturated carbocycles. The van der Waals surface area contributed by atoms with E-state index in [2.05, 4.69) is 15.3 Å². The Morgan fingerprint density at radius 2 is 1.97 bits per heavy atom. The summed E-state index contributed by atoms with van der Waals surface area (Å²) in [6, 6.07) is 0.895. The van der Waals surface area contributed by atoms with Crippen molar-refractivity contribution in [2.75, 3.05) is 38.0 Å². The molecule has 0 aliphatic carbocycles. The SMILES string of the molecule is Cc1cc2n(n1)[C@@H](C(F)F)C[C@@H](C1CCCN(C(=O)CN3CCCCCC3)C1)N2. The van der Waals surface area contributed by atoms with Gasteiger partial charge < -0.3 is 10.2 Å². The number of likely N-dealkylation sites (tertiary alicyclic amines) is 2. The van der Waals surface area contributed by atoms with Gasteiger partial charge in [0.25, 0.3) is 6.43 Å². The Hall–Kier alpha value is -1.70. The molecule has 1 unspecified atom stereocenters. The summed E-state index contributed by atoms with van der Waals surface area (Å²) in [6.07, 6.45) is 4.66. The molecule has 3 aliphatic heterocycles. The molecule has 0 radical (unpaired) electrons. The molecule has 6 nitrogen and oxygen atoms in total. The van der Waals surface area contributed by atoms with Gasteiger partial charge >= 0.3 is 0 Å². The van der Waals surface area contributed by atoms with Crippen molar-refractivity contribution >= 4 is 11.7 Å². The topological polar surface area (TPSA) is 53.4 Å². The lowest BCUT2D eigenvalue weighted by molar-refractivity contribution is -0.134. The highest BCUT2D eigenvalue weighted by molar-refractivity contribution is 5.78. The minimum Gasteiger partial charge on any atom is -0.367 e. The summed E-state index contributed by atoms with van der Waals surface area (Å²) in [4.78, 5) is 17.2. The molecule has 162 valence electrons. The van der Waals surface area contributed by atoms with Crippen molar-refractivity contribution in [2.45, 2.75) is 70.4 Å². The van der Waals surface area contributed by atoms with Crippen LogP contribution in [0.15, 0.2) is 6.07 Å². The molecule has 29 heavy (non-hydrogen) atoms. The van der Waals surface area contributed by atoms with Crippen LogP contribution in [0.25, 0.3) is 0 Å². The van der Waals surface area contributed by atoms with Crippen LogP contribution in [0.2, 0.25) is 0 Å². The number of rotatable bonds is 4. The fourth-order valence-electron chi connectivity index (χ4n) is 5.16. The number of anilines is 1. The van der Waals surface area contributed by atoms with E-state index >= 15 is 0 Å². The molecule has 0 aromatic carbocycles. The number of alkyl halides is 2. The van der Waals surface area contributed by atoms with Crippen LogP contribution in [0.3, 0.4) is 0 Å². The van der Waals surface area contributed by atoms with Gasteiger partial charge in [0, 0.05) is 25.2 Å². The summed E-state index contributed by atoms with van der Waals surface area (Å²) in [6.45, 7) is 5.78. The average molecular weight is 410 g/mol. The lowest BCUT2D eigenvalue weighted by Crippen LogP contribution is -2.50. The first-order valence-electron chi connectivity index (χ1n) is 11.1. The van der Waals surface area contributed by atoms with E-state index in [1.54, 1.807) is 0 Å². The predicted octanol–water partition coefficient (Wildman–Crippen LogP) is 3.30. The summed E-state index contributed by atoms with van der Waals surface area (Å²) in [5.74, 6) is 1.07. The van der Waals surface area contributed by atoms with E-state index in [1.165, 1.54) is 30.4 Å². The first kappa shape index (κ1) is 20.6. The predicted molar refractivity (Wildman–Crippen MR) is 108 cm³/mol. The lowest BCUT2D eigenvalue weighted by Gasteiger charge is -2.41. The number of aromatic nitrogens is 2. The Labute approximate surface area is 171 Å². The van der Waals surface area contributed by atoms with Crippen molar-refractivity contribution < 1.29 is 13.6 Å². The lowest BCUT2D eigenvalue weighted by atomic mass is 9.86. The van der Waals surface area contributed by atoms with E-state index in [1.807, 2.05) is 17.9 Å². The van der Waals surface area contributed by atoms with Gasteiger partial charge in [-0.05, 0) is 58.0 Å². The molecule has 3 atom stereocenters. The third-order valence-corrected chi connectivity index (χ3v) is 6.73. The fourth-order valence-corrected chi connectivity index (χ4v) is 5.16. The minimum absolute atomic E-state index is 0.0496. The molecule has 2 saturated heterocycles. The molecular formula is C21H33F2N5O. The maximum absolute atomic E-state index is 13.7. The van der Waals surface area contributed by atoms with E-state index in [4.69, 9.17) is 0 Å². The molecule has 1 amide bonds. The van der Waals surface area contributed by atoms with Gasteiger partial charge in [0.05, 0.1) is 12.2 Å². The second-order valence-electron chi connectivity index (χ2n) is 8.94. The Morgan fingerprint density at radius 1 is 1.21 bits per heavy atom. The second kappa shape index (κ2) is 8.98. The van der Waals surface area contributed by atoms with Crippen molar-refractivity contribution in [3.8, 4) is 0 Å². The molecule has 2 fully saturated rings. The number of aryl methyl sites for hydroxylation is 1. The first-order valence-corrected chi connectivity index (χ1v) is 11.1. The minimum atomic E-state index is -2.44. The second-order valence-corrected chi connectivity index (χ2v) is 8.94. The fraction of sp³-hybridized carbons (Fsp3) is 0.810. The summed E-state index contributed by atoms with van der Waals surface area (Å²) in [5, 5.41) is 7.69. The van der Waals surface area contributed by atoms with E-state index in [-0.39, 0.29) is 17.9 Å². The van der Waals surface area contributed by atoms with Gasteiger partial charge in [-0.3, -0.25) is 9.69 Å². The Morgan fingerprint density at radius 3 is 2.69 bits per heavy atom. The molecule has 4 rings (SSSR count). The van der Waals surface area contributed by atoms with Crippen molar-refractivity contribution in [1.29, 1.82) is 0 Å². The van der Waals surface area contributed by atoms with Crippen LogP contribution in [0, 0.1) is 12.8 Å². The quantitative estimate of drug-likeness (QED) is 0.829. The monoisotopic (exact) mass is 409 g/mol. The number of piperidine rings is 1. The van der Waals surface area contributed by atoms with Gasteiger partial charge in [0.2, 0.25) is 5.91 Å². The van der Waals surface area contributed by atoms with Crippen LogP contribution >= 0.6 is 0 Å².